The van der Waals surface area contributed by atoms with Crippen LogP contribution in [-0.2, 0) is 19.6 Å². The first-order valence-electron chi connectivity index (χ1n) is 12.4. The molecule has 1 heterocycles. The molecule has 0 aromatic heterocycles. The summed E-state index contributed by atoms with van der Waals surface area (Å²) in [6.45, 7) is 4.44. The van der Waals surface area contributed by atoms with E-state index in [0.717, 1.165) is 16.7 Å². The van der Waals surface area contributed by atoms with E-state index in [2.05, 4.69) is 4.74 Å². The molecule has 38 heavy (non-hydrogen) atoms. The number of alkyl halides is 2. The Hall–Kier alpha value is -3.36. The Bertz CT molecular complexity index is 1380. The van der Waals surface area contributed by atoms with E-state index in [4.69, 9.17) is 0 Å². The van der Waals surface area contributed by atoms with Crippen molar-refractivity contribution in [2.75, 3.05) is 19.7 Å². The van der Waals surface area contributed by atoms with Gasteiger partial charge < -0.3 is 4.74 Å². The normalized spacial score (nSPS) is 18.4. The predicted molar refractivity (Wildman–Crippen MR) is 143 cm³/mol. The zero-order valence-corrected chi connectivity index (χ0v) is 22.5. The fourth-order valence-corrected chi connectivity index (χ4v) is 6.54. The molecule has 3 aromatic carbocycles. The van der Waals surface area contributed by atoms with Crippen LogP contribution in [0.5, 0.6) is 0 Å². The smallest absolute Gasteiger partial charge is 0.376 e. The van der Waals surface area contributed by atoms with E-state index in [-0.39, 0.29) is 24.6 Å². The Morgan fingerprint density at radius 1 is 0.947 bits per heavy atom. The van der Waals surface area contributed by atoms with Crippen molar-refractivity contribution in [2.24, 2.45) is 5.41 Å². The lowest BCUT2D eigenvalue weighted by molar-refractivity contribution is -0.175. The number of carbonyl (C=O) groups is 1. The van der Waals surface area contributed by atoms with Gasteiger partial charge in [0.15, 0.2) is 0 Å². The zero-order chi connectivity index (χ0) is 27.6. The molecule has 8 heteroatoms. The third-order valence-corrected chi connectivity index (χ3v) is 8.67. The molecule has 5 nitrogen and oxygen atoms in total. The molecule has 0 unspecified atom stereocenters. The molecule has 1 aliphatic rings. The fourth-order valence-electron chi connectivity index (χ4n) is 5.00. The molecule has 0 amide bonds. The first-order chi connectivity index (χ1) is 18.0. The van der Waals surface area contributed by atoms with Gasteiger partial charge in [0, 0.05) is 24.9 Å². The molecule has 0 bridgehead atoms. The van der Waals surface area contributed by atoms with Crippen molar-refractivity contribution in [2.45, 2.75) is 38.0 Å². The zero-order valence-electron chi connectivity index (χ0n) is 21.7. The van der Waals surface area contributed by atoms with Crippen LogP contribution in [0.4, 0.5) is 8.78 Å². The van der Waals surface area contributed by atoms with E-state index < -0.39 is 33.8 Å². The van der Waals surface area contributed by atoms with Crippen molar-refractivity contribution in [1.82, 2.24) is 4.31 Å². The van der Waals surface area contributed by atoms with Crippen molar-refractivity contribution < 1.29 is 26.7 Å². The first kappa shape index (κ1) is 27.7. The van der Waals surface area contributed by atoms with Gasteiger partial charge in [-0.2, -0.15) is 13.1 Å². The number of nitrogens with zero attached hydrogens (tertiary/aromatic N) is 1. The first-order valence-corrected chi connectivity index (χ1v) is 13.9. The molecular formula is C30H31F2NO4S. The third-order valence-electron chi connectivity index (χ3n) is 6.86. The van der Waals surface area contributed by atoms with E-state index in [0.29, 0.717) is 11.1 Å². The van der Waals surface area contributed by atoms with Crippen molar-refractivity contribution in [3.05, 3.63) is 107 Å². The summed E-state index contributed by atoms with van der Waals surface area (Å²) in [5.74, 6) is -5.42. The second kappa shape index (κ2) is 10.8. The van der Waals surface area contributed by atoms with E-state index >= 15 is 8.78 Å². The van der Waals surface area contributed by atoms with E-state index in [1.165, 1.54) is 23.4 Å². The summed E-state index contributed by atoms with van der Waals surface area (Å²) >= 11 is 0. The molecule has 0 aliphatic carbocycles. The van der Waals surface area contributed by atoms with Gasteiger partial charge >= 0.3 is 11.9 Å². The lowest BCUT2D eigenvalue weighted by Crippen LogP contribution is -2.39. The maximum Gasteiger partial charge on any atom is 0.376 e. The predicted octanol–water partition coefficient (Wildman–Crippen LogP) is 6.10. The topological polar surface area (TPSA) is 63.7 Å². The number of hydrogen-bond donors (Lipinski definition) is 0. The number of rotatable bonds is 8. The third kappa shape index (κ3) is 5.56. The van der Waals surface area contributed by atoms with Crippen LogP contribution in [-0.4, -0.2) is 44.3 Å². The Morgan fingerprint density at radius 2 is 1.47 bits per heavy atom. The molecule has 4 rings (SSSR count). The molecule has 200 valence electrons. The second-order valence-corrected chi connectivity index (χ2v) is 11.8. The number of sulfonamides is 1. The van der Waals surface area contributed by atoms with Gasteiger partial charge in [0.1, 0.15) is 0 Å². The van der Waals surface area contributed by atoms with E-state index in [1.54, 1.807) is 19.1 Å². The van der Waals surface area contributed by atoms with Crippen LogP contribution >= 0.6 is 0 Å². The number of ether oxygens (including phenoxy) is 1. The second-order valence-electron chi connectivity index (χ2n) is 9.83. The molecule has 1 fully saturated rings. The number of benzene rings is 3. The van der Waals surface area contributed by atoms with Gasteiger partial charge in [0.05, 0.1) is 11.5 Å². The summed E-state index contributed by atoms with van der Waals surface area (Å²) in [5, 5.41) is 0. The van der Waals surface area contributed by atoms with Gasteiger partial charge in [0.2, 0.25) is 10.0 Å². The van der Waals surface area contributed by atoms with Crippen LogP contribution in [0.25, 0.3) is 5.57 Å². The van der Waals surface area contributed by atoms with Gasteiger partial charge in [-0.15, -0.1) is 0 Å². The summed E-state index contributed by atoms with van der Waals surface area (Å²) < 4.78 is 63.8. The average molecular weight is 540 g/mol. The molecule has 0 N–H and O–H groups in total. The lowest BCUT2D eigenvalue weighted by atomic mass is 9.75. The highest BCUT2D eigenvalue weighted by molar-refractivity contribution is 7.89. The summed E-state index contributed by atoms with van der Waals surface area (Å²) in [6, 6.07) is 25.0. The number of carbonyl (C=O) groups excluding carboxylic acids is 1. The summed E-state index contributed by atoms with van der Waals surface area (Å²) in [4.78, 5) is 12.3. The number of hydrogen-bond acceptors (Lipinski definition) is 4. The number of esters is 1. The van der Waals surface area contributed by atoms with Crippen LogP contribution < -0.4 is 0 Å². The van der Waals surface area contributed by atoms with Gasteiger partial charge in [-0.25, -0.2) is 13.2 Å². The minimum atomic E-state index is -4.01. The van der Waals surface area contributed by atoms with Crippen LogP contribution in [0, 0.1) is 12.3 Å². The summed E-state index contributed by atoms with van der Waals surface area (Å²) in [6.07, 6.45) is -0.892. The van der Waals surface area contributed by atoms with Crippen LogP contribution in [0.3, 0.4) is 0 Å². The quantitative estimate of drug-likeness (QED) is 0.325. The molecule has 1 atom stereocenters. The van der Waals surface area contributed by atoms with E-state index in [1.807, 2.05) is 67.6 Å². The molecule has 1 aliphatic heterocycles. The summed E-state index contributed by atoms with van der Waals surface area (Å²) in [7, 11) is -4.01. The Kier molecular flexibility index (Phi) is 7.85. The number of aryl methyl sites for hydroxylation is 1. The highest BCUT2D eigenvalue weighted by atomic mass is 32.2. The Morgan fingerprint density at radius 3 is 1.97 bits per heavy atom. The van der Waals surface area contributed by atoms with Crippen LogP contribution in [0.2, 0.25) is 0 Å². The molecular weight excluding hydrogens is 508 g/mol. The number of halogens is 2. The monoisotopic (exact) mass is 539 g/mol. The van der Waals surface area contributed by atoms with Crippen LogP contribution in [0.15, 0.2) is 95.4 Å². The van der Waals surface area contributed by atoms with Gasteiger partial charge in [-0.05, 0) is 48.3 Å². The fraction of sp³-hybridized carbons (Fsp3) is 0.300. The summed E-state index contributed by atoms with van der Waals surface area (Å²) in [5.41, 5.74) is 2.28. The largest absolute Gasteiger partial charge is 0.462 e. The van der Waals surface area contributed by atoms with Gasteiger partial charge in [0.25, 0.3) is 0 Å². The Balaban J connectivity index is 1.92. The average Bonchev–Trinajstić information content (AvgIpc) is 3.22. The van der Waals surface area contributed by atoms with Crippen molar-refractivity contribution in [3.63, 3.8) is 0 Å². The highest BCUT2D eigenvalue weighted by Crippen LogP contribution is 2.49. The molecule has 1 saturated heterocycles. The lowest BCUT2D eigenvalue weighted by Gasteiger charge is -2.31. The van der Waals surface area contributed by atoms with Crippen molar-refractivity contribution in [3.8, 4) is 0 Å². The molecule has 0 radical (unpaired) electrons. The minimum Gasteiger partial charge on any atom is -0.462 e. The maximum absolute atomic E-state index is 15.3. The van der Waals surface area contributed by atoms with Gasteiger partial charge in [-0.1, -0.05) is 85.3 Å². The van der Waals surface area contributed by atoms with Crippen molar-refractivity contribution in [1.29, 1.82) is 0 Å². The standard InChI is InChI=1S/C30H31F2NO4S/c1-4-37-28(34)30(31,32)20-29(3)21-33(38(35,36)25-17-15-22(2)16-18-25)19-26(29)27(23-11-7-5-8-12-23)24-13-9-6-10-14-24/h5-18H,4,19-21H2,1-3H3/t29-/m1/s1. The minimum absolute atomic E-state index is 0.0878. The molecule has 0 spiro atoms. The van der Waals surface area contributed by atoms with Gasteiger partial charge in [-0.3, -0.25) is 0 Å². The molecule has 3 aromatic rings. The highest BCUT2D eigenvalue weighted by Gasteiger charge is 2.53. The van der Waals surface area contributed by atoms with Crippen molar-refractivity contribution >= 4 is 21.6 Å². The molecule has 0 saturated carbocycles. The van der Waals surface area contributed by atoms with Crippen LogP contribution in [0.1, 0.15) is 37.0 Å². The maximum atomic E-state index is 15.3. The Labute approximate surface area is 222 Å². The van der Waals surface area contributed by atoms with E-state index in [9.17, 15) is 13.2 Å². The SMILES string of the molecule is CCOC(=O)C(F)(F)C[C@]1(C)CN(S(=O)(=O)c2ccc(C)cc2)CC1=C(c1ccccc1)c1ccccc1.